The third-order valence-corrected chi connectivity index (χ3v) is 5.54. The maximum Gasteiger partial charge on any atom is 0.268 e. The van der Waals surface area contributed by atoms with E-state index in [1.54, 1.807) is 12.4 Å². The van der Waals surface area contributed by atoms with E-state index in [1.165, 1.54) is 0 Å². The van der Waals surface area contributed by atoms with Gasteiger partial charge >= 0.3 is 0 Å². The summed E-state index contributed by atoms with van der Waals surface area (Å²) in [5.74, 6) is -0.259. The summed E-state index contributed by atoms with van der Waals surface area (Å²) in [4.78, 5) is 22.1. The number of carbonyl (C=O) groups excluding carboxylic acids is 1. The fraction of sp³-hybridized carbons (Fsp3) is 0.125. The quantitative estimate of drug-likeness (QED) is 0.648. The molecule has 158 valence electrons. The minimum atomic E-state index is -0.815. The molecule has 0 fully saturated rings. The van der Waals surface area contributed by atoms with Crippen LogP contribution in [0.4, 0.5) is 5.69 Å². The molecule has 8 heteroatoms. The molecule has 8 nitrogen and oxygen atoms in total. The zero-order valence-corrected chi connectivity index (χ0v) is 17.1. The van der Waals surface area contributed by atoms with Crippen molar-refractivity contribution in [3.8, 4) is 0 Å². The third kappa shape index (κ3) is 3.41. The molecule has 3 aromatic rings. The number of hydrogen-bond acceptors (Lipinski definition) is 7. The van der Waals surface area contributed by atoms with Crippen molar-refractivity contribution >= 4 is 17.3 Å². The zero-order chi connectivity index (χ0) is 22.0. The number of anilines is 1. The van der Waals surface area contributed by atoms with Gasteiger partial charge in [-0.2, -0.15) is 0 Å². The predicted octanol–water partition coefficient (Wildman–Crippen LogP) is 3.94. The average Bonchev–Trinajstić information content (AvgIpc) is 3.49. The van der Waals surface area contributed by atoms with Gasteiger partial charge in [-0.3, -0.25) is 15.2 Å². The molecule has 3 heterocycles. The summed E-state index contributed by atoms with van der Waals surface area (Å²) in [5.41, 5.74) is 6.76. The molecule has 2 aliphatic rings. The fourth-order valence-electron chi connectivity index (χ4n) is 3.85. The Morgan fingerprint density at radius 3 is 2.53 bits per heavy atom. The van der Waals surface area contributed by atoms with E-state index in [0.717, 1.165) is 16.7 Å². The van der Waals surface area contributed by atoms with Crippen molar-refractivity contribution in [3.05, 3.63) is 108 Å². The van der Waals surface area contributed by atoms with Gasteiger partial charge in [0.05, 0.1) is 11.4 Å². The summed E-state index contributed by atoms with van der Waals surface area (Å²) in [6, 6.07) is 21.0. The molecule has 0 bridgehead atoms. The highest BCUT2D eigenvalue weighted by atomic mass is 16.6. The van der Waals surface area contributed by atoms with Gasteiger partial charge in [0, 0.05) is 30.1 Å². The standard InChI is InChI=1S/C24H20N6O2/c1-16-24(29-30-27-16,18-7-3-2-4-8-18)19-9-11-20(12-10-19)26-23(31)22-14-21(28-32-22)17-6-5-13-25-15-17/h2-13,15,22H,1,14H2,(H,26,31)(H,27,29). The minimum absolute atomic E-state index is 0.259. The van der Waals surface area contributed by atoms with Crippen molar-refractivity contribution in [2.75, 3.05) is 5.32 Å². The largest absolute Gasteiger partial charge is 0.382 e. The predicted molar refractivity (Wildman–Crippen MR) is 120 cm³/mol. The topological polar surface area (TPSA) is 100 Å². The van der Waals surface area contributed by atoms with Crippen molar-refractivity contribution in [1.82, 2.24) is 10.4 Å². The molecule has 1 amide bonds. The molecule has 0 saturated carbocycles. The summed E-state index contributed by atoms with van der Waals surface area (Å²) in [6.07, 6.45) is 3.09. The van der Waals surface area contributed by atoms with Crippen LogP contribution in [0.25, 0.3) is 0 Å². The van der Waals surface area contributed by atoms with Crippen LogP contribution in [0.15, 0.2) is 107 Å². The van der Waals surface area contributed by atoms with Gasteiger partial charge in [0.1, 0.15) is 0 Å². The van der Waals surface area contributed by atoms with E-state index in [1.807, 2.05) is 66.7 Å². The fourth-order valence-corrected chi connectivity index (χ4v) is 3.85. The summed E-state index contributed by atoms with van der Waals surface area (Å²) in [5, 5.41) is 15.4. The second-order valence-electron chi connectivity index (χ2n) is 7.51. The van der Waals surface area contributed by atoms with E-state index in [4.69, 9.17) is 4.84 Å². The molecule has 2 unspecified atom stereocenters. The highest BCUT2D eigenvalue weighted by Gasteiger charge is 2.41. The van der Waals surface area contributed by atoms with Crippen LogP contribution in [0.5, 0.6) is 0 Å². The van der Waals surface area contributed by atoms with Gasteiger partial charge in [-0.05, 0) is 35.4 Å². The first-order valence-corrected chi connectivity index (χ1v) is 10.1. The number of rotatable bonds is 5. The Hall–Kier alpha value is -4.33. The number of pyridine rings is 1. The Morgan fingerprint density at radius 1 is 1.06 bits per heavy atom. The molecule has 32 heavy (non-hydrogen) atoms. The first-order chi connectivity index (χ1) is 15.7. The molecule has 0 aliphatic carbocycles. The van der Waals surface area contributed by atoms with E-state index in [2.05, 4.69) is 37.8 Å². The van der Waals surface area contributed by atoms with Gasteiger partial charge in [-0.1, -0.05) is 59.4 Å². The number of nitrogens with zero attached hydrogens (tertiary/aromatic N) is 4. The number of amides is 1. The molecule has 5 rings (SSSR count). The van der Waals surface area contributed by atoms with Crippen LogP contribution >= 0.6 is 0 Å². The molecule has 2 aromatic carbocycles. The van der Waals surface area contributed by atoms with Gasteiger partial charge in [0.2, 0.25) is 6.10 Å². The van der Waals surface area contributed by atoms with Crippen molar-refractivity contribution in [2.24, 2.45) is 15.5 Å². The van der Waals surface area contributed by atoms with Crippen LogP contribution in [0.1, 0.15) is 23.1 Å². The smallest absolute Gasteiger partial charge is 0.268 e. The highest BCUT2D eigenvalue weighted by molar-refractivity contribution is 6.05. The lowest BCUT2D eigenvalue weighted by atomic mass is 9.81. The van der Waals surface area contributed by atoms with Crippen LogP contribution in [0, 0.1) is 0 Å². The Bertz CT molecular complexity index is 1210. The summed E-state index contributed by atoms with van der Waals surface area (Å²) >= 11 is 0. The Labute approximate surface area is 184 Å². The molecule has 2 aliphatic heterocycles. The Kier molecular flexibility index (Phi) is 4.95. The van der Waals surface area contributed by atoms with Gasteiger partial charge < -0.3 is 10.2 Å². The van der Waals surface area contributed by atoms with Crippen molar-refractivity contribution < 1.29 is 9.63 Å². The Balaban J connectivity index is 1.31. The van der Waals surface area contributed by atoms with Gasteiger partial charge in [0.15, 0.2) is 5.54 Å². The van der Waals surface area contributed by atoms with Crippen molar-refractivity contribution in [1.29, 1.82) is 0 Å². The van der Waals surface area contributed by atoms with Gasteiger partial charge in [-0.25, -0.2) is 0 Å². The van der Waals surface area contributed by atoms with E-state index < -0.39 is 11.6 Å². The SMILES string of the molecule is C=C1NN=NC1(c1ccccc1)c1ccc(NC(=O)C2CC(c3cccnc3)=NO2)cc1. The van der Waals surface area contributed by atoms with Gasteiger partial charge in [-0.15, -0.1) is 5.11 Å². The molecule has 2 N–H and O–H groups in total. The monoisotopic (exact) mass is 424 g/mol. The van der Waals surface area contributed by atoms with E-state index in [-0.39, 0.29) is 5.91 Å². The molecule has 1 aromatic heterocycles. The molecule has 0 spiro atoms. The van der Waals surface area contributed by atoms with E-state index in [0.29, 0.717) is 23.5 Å². The second kappa shape index (κ2) is 8.07. The van der Waals surface area contributed by atoms with E-state index >= 15 is 0 Å². The maximum absolute atomic E-state index is 12.7. The highest BCUT2D eigenvalue weighted by Crippen LogP contribution is 2.42. The van der Waals surface area contributed by atoms with Crippen LogP contribution in [-0.2, 0) is 15.2 Å². The second-order valence-corrected chi connectivity index (χ2v) is 7.51. The minimum Gasteiger partial charge on any atom is -0.382 e. The molecular formula is C24H20N6O2. The number of aromatic nitrogens is 1. The van der Waals surface area contributed by atoms with E-state index in [9.17, 15) is 4.79 Å². The summed E-state index contributed by atoms with van der Waals surface area (Å²) < 4.78 is 0. The van der Waals surface area contributed by atoms with Crippen LogP contribution in [-0.4, -0.2) is 22.7 Å². The van der Waals surface area contributed by atoms with Crippen molar-refractivity contribution in [2.45, 2.75) is 18.1 Å². The lowest BCUT2D eigenvalue weighted by Crippen LogP contribution is -2.29. The van der Waals surface area contributed by atoms with Crippen LogP contribution in [0.3, 0.4) is 0 Å². The number of carbonyl (C=O) groups is 1. The van der Waals surface area contributed by atoms with Gasteiger partial charge in [0.25, 0.3) is 5.91 Å². The summed E-state index contributed by atoms with van der Waals surface area (Å²) in [6.45, 7) is 4.11. The molecule has 0 radical (unpaired) electrons. The van der Waals surface area contributed by atoms with Crippen LogP contribution in [0.2, 0.25) is 0 Å². The Morgan fingerprint density at radius 2 is 1.84 bits per heavy atom. The third-order valence-electron chi connectivity index (χ3n) is 5.54. The number of oxime groups is 1. The lowest BCUT2D eigenvalue weighted by molar-refractivity contribution is -0.125. The lowest BCUT2D eigenvalue weighted by Gasteiger charge is -2.26. The average molecular weight is 424 g/mol. The molecule has 0 saturated heterocycles. The normalized spacial score (nSPS) is 21.6. The zero-order valence-electron chi connectivity index (χ0n) is 17.1. The van der Waals surface area contributed by atoms with Crippen molar-refractivity contribution in [3.63, 3.8) is 0 Å². The van der Waals surface area contributed by atoms with Crippen LogP contribution < -0.4 is 10.7 Å². The summed E-state index contributed by atoms with van der Waals surface area (Å²) in [7, 11) is 0. The number of benzene rings is 2. The first-order valence-electron chi connectivity index (χ1n) is 10.1. The first kappa shape index (κ1) is 19.6. The number of nitrogens with one attached hydrogen (secondary N) is 2. The molecule has 2 atom stereocenters. The number of hydrogen-bond donors (Lipinski definition) is 2. The maximum atomic E-state index is 12.7. The molecular weight excluding hydrogens is 404 g/mol.